The summed E-state index contributed by atoms with van der Waals surface area (Å²) in [6.07, 6.45) is 1.96. The van der Waals surface area contributed by atoms with Gasteiger partial charge in [-0.05, 0) is 60.7 Å². The molecular weight excluding hydrogens is 533 g/mol. The molecule has 5 heterocycles. The van der Waals surface area contributed by atoms with E-state index in [1.165, 1.54) is 69.6 Å². The summed E-state index contributed by atoms with van der Waals surface area (Å²) < 4.78 is 9.57. The highest BCUT2D eigenvalue weighted by molar-refractivity contribution is 7.26. The maximum atomic E-state index is 4.99. The van der Waals surface area contributed by atoms with E-state index in [4.69, 9.17) is 4.98 Å². The van der Waals surface area contributed by atoms with Gasteiger partial charge in [-0.25, -0.2) is 4.98 Å². The van der Waals surface area contributed by atoms with Gasteiger partial charge in [-0.1, -0.05) is 66.7 Å². The molecule has 10 rings (SSSR count). The fourth-order valence-corrected chi connectivity index (χ4v) is 8.08. The Morgan fingerprint density at radius 2 is 1.17 bits per heavy atom. The Kier molecular flexibility index (Phi) is 4.30. The quantitative estimate of drug-likeness (QED) is 0.209. The van der Waals surface area contributed by atoms with Crippen molar-refractivity contribution in [1.29, 1.82) is 0 Å². The highest BCUT2D eigenvalue weighted by atomic mass is 32.1. The Morgan fingerprint density at radius 1 is 0.500 bits per heavy atom. The Labute approximate surface area is 243 Å². The second-order valence-corrected chi connectivity index (χ2v) is 11.9. The van der Waals surface area contributed by atoms with Gasteiger partial charge >= 0.3 is 0 Å². The lowest BCUT2D eigenvalue weighted by Crippen LogP contribution is -1.97. The molecule has 0 unspecified atom stereocenters. The van der Waals surface area contributed by atoms with Crippen molar-refractivity contribution in [2.24, 2.45) is 0 Å². The fraction of sp³-hybridized carbons (Fsp3) is 0. The Bertz CT molecular complexity index is 2650. The number of nitrogens with zero attached hydrogens (tertiary/aromatic N) is 4. The van der Waals surface area contributed by atoms with Crippen molar-refractivity contribution >= 4 is 80.9 Å². The lowest BCUT2D eigenvalue weighted by atomic mass is 10.1. The van der Waals surface area contributed by atoms with Crippen LogP contribution >= 0.6 is 11.3 Å². The van der Waals surface area contributed by atoms with E-state index >= 15 is 0 Å². The summed E-state index contributed by atoms with van der Waals surface area (Å²) in [5, 5.41) is 6.23. The number of aromatic nitrogens is 4. The first-order valence-corrected chi connectivity index (χ1v) is 15.0. The van der Waals surface area contributed by atoms with Crippen LogP contribution in [0.4, 0.5) is 0 Å². The van der Waals surface area contributed by atoms with Gasteiger partial charge in [-0.15, -0.1) is 11.3 Å². The van der Waals surface area contributed by atoms with Gasteiger partial charge in [0.15, 0.2) is 5.82 Å². The maximum Gasteiger partial charge on any atom is 0.155 e. The minimum atomic E-state index is 0.985. The third-order valence-corrected chi connectivity index (χ3v) is 9.87. The molecule has 10 aromatic rings. The molecule has 0 amide bonds. The zero-order valence-electron chi connectivity index (χ0n) is 22.4. The molecule has 5 aromatic heterocycles. The lowest BCUT2D eigenvalue weighted by molar-refractivity contribution is 1.11. The van der Waals surface area contributed by atoms with E-state index < -0.39 is 0 Å². The van der Waals surface area contributed by atoms with Crippen LogP contribution in [0, 0.1) is 0 Å². The number of hydrogen-bond acceptors (Lipinski definition) is 2. The number of pyridine rings is 1. The molecule has 0 aliphatic rings. The summed E-state index contributed by atoms with van der Waals surface area (Å²) >= 11 is 1.82. The van der Waals surface area contributed by atoms with Gasteiger partial charge in [0.1, 0.15) is 5.65 Å². The standard InChI is InChI=1S/C37H22N4S/c1-4-12-29-23(9-1)21-35-39(32-15-7-8-16-33(32)40(29)35)24-17-18-34-28(22-24)27-19-20-38-37(36(27)42-34)41-30-13-5-2-10-25(30)26-11-3-6-14-31(26)41/h1-22H. The summed E-state index contributed by atoms with van der Waals surface area (Å²) in [6.45, 7) is 0. The van der Waals surface area contributed by atoms with Gasteiger partial charge in [0.05, 0.1) is 32.3 Å². The van der Waals surface area contributed by atoms with Crippen molar-refractivity contribution in [1.82, 2.24) is 18.5 Å². The molecule has 0 aliphatic carbocycles. The smallest absolute Gasteiger partial charge is 0.155 e. The monoisotopic (exact) mass is 554 g/mol. The van der Waals surface area contributed by atoms with Crippen LogP contribution < -0.4 is 0 Å². The van der Waals surface area contributed by atoms with Crippen LogP contribution in [0.5, 0.6) is 0 Å². The lowest BCUT2D eigenvalue weighted by Gasteiger charge is -2.08. The minimum absolute atomic E-state index is 0.985. The molecule has 0 radical (unpaired) electrons. The number of fused-ring (bicyclic) bond motifs is 11. The number of hydrogen-bond donors (Lipinski definition) is 0. The van der Waals surface area contributed by atoms with Crippen molar-refractivity contribution < 1.29 is 0 Å². The molecule has 0 saturated carbocycles. The van der Waals surface area contributed by atoms with Gasteiger partial charge in [0.25, 0.3) is 0 Å². The van der Waals surface area contributed by atoms with Crippen molar-refractivity contribution in [3.05, 3.63) is 134 Å². The first-order chi connectivity index (χ1) is 20.8. The molecule has 196 valence electrons. The number of para-hydroxylation sites is 5. The van der Waals surface area contributed by atoms with E-state index in [0.717, 1.165) is 11.5 Å². The topological polar surface area (TPSA) is 27.2 Å². The zero-order valence-corrected chi connectivity index (χ0v) is 23.2. The van der Waals surface area contributed by atoms with E-state index in [2.05, 4.69) is 141 Å². The first kappa shape index (κ1) is 22.3. The van der Waals surface area contributed by atoms with Crippen LogP contribution in [-0.2, 0) is 0 Å². The molecule has 0 saturated heterocycles. The molecule has 0 spiro atoms. The van der Waals surface area contributed by atoms with E-state index in [9.17, 15) is 0 Å². The van der Waals surface area contributed by atoms with E-state index in [-0.39, 0.29) is 0 Å². The molecule has 5 aromatic carbocycles. The van der Waals surface area contributed by atoms with E-state index in [0.29, 0.717) is 0 Å². The van der Waals surface area contributed by atoms with Crippen LogP contribution in [0.15, 0.2) is 134 Å². The average molecular weight is 555 g/mol. The SMILES string of the molecule is c1ccc2c(c1)cc1n(-c3ccc4sc5c(-n6c7ccccc7c7ccccc76)nccc5c4c3)c3ccccc3n21. The molecule has 0 fully saturated rings. The van der Waals surface area contributed by atoms with Crippen LogP contribution in [0.3, 0.4) is 0 Å². The zero-order chi connectivity index (χ0) is 27.4. The normalized spacial score (nSPS) is 12.3. The van der Waals surface area contributed by atoms with Crippen molar-refractivity contribution in [2.75, 3.05) is 0 Å². The number of thiophene rings is 1. The summed E-state index contributed by atoms with van der Waals surface area (Å²) in [6, 6.07) is 46.0. The molecule has 0 bridgehead atoms. The van der Waals surface area contributed by atoms with Crippen molar-refractivity contribution in [2.45, 2.75) is 0 Å². The molecule has 4 nitrogen and oxygen atoms in total. The summed E-state index contributed by atoms with van der Waals surface area (Å²) in [5.41, 5.74) is 8.32. The van der Waals surface area contributed by atoms with Gasteiger partial charge in [0.2, 0.25) is 0 Å². The molecule has 0 N–H and O–H groups in total. The van der Waals surface area contributed by atoms with Gasteiger partial charge in [0, 0.05) is 43.5 Å². The van der Waals surface area contributed by atoms with Crippen molar-refractivity contribution in [3.63, 3.8) is 0 Å². The minimum Gasteiger partial charge on any atom is -0.294 e. The molecular formula is C37H22N4S. The van der Waals surface area contributed by atoms with E-state index in [1.54, 1.807) is 0 Å². The number of benzene rings is 5. The van der Waals surface area contributed by atoms with Gasteiger partial charge in [-0.2, -0.15) is 0 Å². The number of rotatable bonds is 2. The van der Waals surface area contributed by atoms with Crippen LogP contribution in [-0.4, -0.2) is 18.5 Å². The first-order valence-electron chi connectivity index (χ1n) is 14.1. The van der Waals surface area contributed by atoms with Gasteiger partial charge in [-0.3, -0.25) is 13.5 Å². The maximum absolute atomic E-state index is 4.99. The highest BCUT2D eigenvalue weighted by Gasteiger charge is 2.19. The Morgan fingerprint density at radius 3 is 1.95 bits per heavy atom. The molecule has 0 aliphatic heterocycles. The second-order valence-electron chi connectivity index (χ2n) is 10.9. The van der Waals surface area contributed by atoms with Crippen LogP contribution in [0.1, 0.15) is 0 Å². The van der Waals surface area contributed by atoms with Crippen LogP contribution in [0.25, 0.3) is 81.1 Å². The summed E-state index contributed by atoms with van der Waals surface area (Å²) in [5.74, 6) is 0.985. The number of imidazole rings is 1. The summed E-state index contributed by atoms with van der Waals surface area (Å²) in [4.78, 5) is 4.99. The molecule has 42 heavy (non-hydrogen) atoms. The average Bonchev–Trinajstić information content (AvgIpc) is 3.78. The third-order valence-electron chi connectivity index (χ3n) is 8.69. The predicted octanol–water partition coefficient (Wildman–Crippen LogP) is 9.90. The second kappa shape index (κ2) is 8.09. The molecule has 0 atom stereocenters. The Balaban J connectivity index is 1.27. The molecule has 5 heteroatoms. The van der Waals surface area contributed by atoms with Gasteiger partial charge < -0.3 is 0 Å². The predicted molar refractivity (Wildman–Crippen MR) is 177 cm³/mol. The Hall–Kier alpha value is -5.39. The van der Waals surface area contributed by atoms with E-state index in [1.807, 2.05) is 17.5 Å². The largest absolute Gasteiger partial charge is 0.294 e. The highest BCUT2D eigenvalue weighted by Crippen LogP contribution is 2.41. The summed E-state index contributed by atoms with van der Waals surface area (Å²) in [7, 11) is 0. The van der Waals surface area contributed by atoms with Crippen LogP contribution in [0.2, 0.25) is 0 Å². The van der Waals surface area contributed by atoms with Crippen molar-refractivity contribution in [3.8, 4) is 11.5 Å². The third kappa shape index (κ3) is 2.83. The fourth-order valence-electron chi connectivity index (χ4n) is 6.92.